The Labute approximate surface area is 124 Å². The van der Waals surface area contributed by atoms with Crippen LogP contribution in [0.4, 0.5) is 4.39 Å². The third kappa shape index (κ3) is 3.24. The van der Waals surface area contributed by atoms with Gasteiger partial charge in [-0.1, -0.05) is 6.07 Å². The Kier molecular flexibility index (Phi) is 4.63. The lowest BCUT2D eigenvalue weighted by Gasteiger charge is -2.20. The Bertz CT molecular complexity index is 624. The predicted octanol–water partition coefficient (Wildman–Crippen LogP) is 3.29. The maximum absolute atomic E-state index is 13.8. The van der Waals surface area contributed by atoms with Gasteiger partial charge in [-0.15, -0.1) is 0 Å². The van der Waals surface area contributed by atoms with Crippen LogP contribution < -0.4 is 10.1 Å². The van der Waals surface area contributed by atoms with Gasteiger partial charge in [0.15, 0.2) is 11.6 Å². The lowest BCUT2D eigenvalue weighted by molar-refractivity contribution is 0.385. The highest BCUT2D eigenvalue weighted by Gasteiger charge is 2.16. The SMILES string of the molecule is COc1ccc(C(C)NC(C)c2cnn(C)c2C)cc1F. The van der Waals surface area contributed by atoms with Crippen molar-refractivity contribution in [1.82, 2.24) is 15.1 Å². The molecule has 2 aromatic rings. The molecule has 1 aromatic carbocycles. The van der Waals surface area contributed by atoms with Gasteiger partial charge >= 0.3 is 0 Å². The summed E-state index contributed by atoms with van der Waals surface area (Å²) in [7, 11) is 3.39. The minimum atomic E-state index is -0.339. The number of rotatable bonds is 5. The van der Waals surface area contributed by atoms with Crippen molar-refractivity contribution in [2.24, 2.45) is 7.05 Å². The number of aromatic nitrogens is 2. The molecule has 0 aliphatic heterocycles. The molecular formula is C16H22FN3O. The van der Waals surface area contributed by atoms with Crippen LogP contribution in [0.15, 0.2) is 24.4 Å². The largest absolute Gasteiger partial charge is 0.494 e. The molecule has 0 bridgehead atoms. The molecule has 1 heterocycles. The molecule has 0 saturated heterocycles. The summed E-state index contributed by atoms with van der Waals surface area (Å²) >= 11 is 0. The van der Waals surface area contributed by atoms with Crippen LogP contribution in [0.2, 0.25) is 0 Å². The highest BCUT2D eigenvalue weighted by atomic mass is 19.1. The van der Waals surface area contributed by atoms with Gasteiger partial charge < -0.3 is 10.1 Å². The van der Waals surface area contributed by atoms with E-state index in [-0.39, 0.29) is 23.7 Å². The molecule has 2 unspecified atom stereocenters. The molecule has 0 fully saturated rings. The van der Waals surface area contributed by atoms with Crippen molar-refractivity contribution in [3.63, 3.8) is 0 Å². The highest BCUT2D eigenvalue weighted by Crippen LogP contribution is 2.24. The van der Waals surface area contributed by atoms with Gasteiger partial charge in [0.2, 0.25) is 0 Å². The normalized spacial score (nSPS) is 14.0. The monoisotopic (exact) mass is 291 g/mol. The summed E-state index contributed by atoms with van der Waals surface area (Å²) in [4.78, 5) is 0. The molecule has 0 spiro atoms. The molecule has 0 radical (unpaired) electrons. The van der Waals surface area contributed by atoms with Crippen molar-refractivity contribution in [3.8, 4) is 5.75 Å². The Morgan fingerprint density at radius 1 is 1.29 bits per heavy atom. The van der Waals surface area contributed by atoms with Crippen LogP contribution in [0.5, 0.6) is 5.75 Å². The van der Waals surface area contributed by atoms with Crippen molar-refractivity contribution in [3.05, 3.63) is 47.0 Å². The molecule has 0 amide bonds. The Hall–Kier alpha value is -1.88. The summed E-state index contributed by atoms with van der Waals surface area (Å²) in [6.07, 6.45) is 1.87. The molecule has 1 aromatic heterocycles. The smallest absolute Gasteiger partial charge is 0.165 e. The molecule has 2 rings (SSSR count). The molecule has 2 atom stereocenters. The van der Waals surface area contributed by atoms with Crippen LogP contribution in [-0.4, -0.2) is 16.9 Å². The number of methoxy groups -OCH3 is 1. The lowest BCUT2D eigenvalue weighted by Crippen LogP contribution is -2.23. The van der Waals surface area contributed by atoms with Crippen LogP contribution in [0, 0.1) is 12.7 Å². The third-order valence-electron chi connectivity index (χ3n) is 3.92. The summed E-state index contributed by atoms with van der Waals surface area (Å²) in [5, 5.41) is 7.72. The molecule has 5 heteroatoms. The van der Waals surface area contributed by atoms with Crippen molar-refractivity contribution >= 4 is 0 Å². The van der Waals surface area contributed by atoms with Crippen molar-refractivity contribution < 1.29 is 9.13 Å². The van der Waals surface area contributed by atoms with Crippen LogP contribution >= 0.6 is 0 Å². The van der Waals surface area contributed by atoms with Crippen LogP contribution in [0.1, 0.15) is 42.8 Å². The van der Waals surface area contributed by atoms with Crippen LogP contribution in [0.3, 0.4) is 0 Å². The zero-order valence-corrected chi connectivity index (χ0v) is 13.1. The third-order valence-corrected chi connectivity index (χ3v) is 3.92. The Morgan fingerprint density at radius 3 is 2.52 bits per heavy atom. The molecule has 1 N–H and O–H groups in total. The Morgan fingerprint density at radius 2 is 2.00 bits per heavy atom. The predicted molar refractivity (Wildman–Crippen MR) is 80.9 cm³/mol. The fraction of sp³-hybridized carbons (Fsp3) is 0.438. The molecule has 114 valence electrons. The van der Waals surface area contributed by atoms with Gasteiger partial charge in [0, 0.05) is 30.4 Å². The summed E-state index contributed by atoms with van der Waals surface area (Å²) < 4.78 is 20.6. The number of ether oxygens (including phenoxy) is 1. The first kappa shape index (κ1) is 15.5. The van der Waals surface area contributed by atoms with Crippen LogP contribution in [0.25, 0.3) is 0 Å². The molecule has 0 aliphatic rings. The number of hydrogen-bond donors (Lipinski definition) is 1. The molecule has 0 saturated carbocycles. The van der Waals surface area contributed by atoms with Gasteiger partial charge in [-0.25, -0.2) is 4.39 Å². The second kappa shape index (κ2) is 6.26. The van der Waals surface area contributed by atoms with E-state index >= 15 is 0 Å². The van der Waals surface area contributed by atoms with Gasteiger partial charge in [0.25, 0.3) is 0 Å². The second-order valence-corrected chi connectivity index (χ2v) is 5.31. The van der Waals surface area contributed by atoms with Crippen molar-refractivity contribution in [2.75, 3.05) is 7.11 Å². The van der Waals surface area contributed by atoms with Gasteiger partial charge in [-0.2, -0.15) is 5.10 Å². The standard InChI is InChI=1S/C16H22FN3O/c1-10(13-6-7-16(21-5)15(17)8-13)19-11(2)14-9-18-20(4)12(14)3/h6-11,19H,1-5H3. The molecule has 21 heavy (non-hydrogen) atoms. The summed E-state index contributed by atoms with van der Waals surface area (Å²) in [5.74, 6) is -0.0732. The second-order valence-electron chi connectivity index (χ2n) is 5.31. The maximum atomic E-state index is 13.8. The fourth-order valence-electron chi connectivity index (χ4n) is 2.45. The first-order valence-corrected chi connectivity index (χ1v) is 7.02. The van der Waals surface area contributed by atoms with E-state index in [4.69, 9.17) is 4.74 Å². The van der Waals surface area contributed by atoms with Gasteiger partial charge in [-0.05, 0) is 38.5 Å². The quantitative estimate of drug-likeness (QED) is 0.919. The van der Waals surface area contributed by atoms with Crippen LogP contribution in [-0.2, 0) is 7.05 Å². The average molecular weight is 291 g/mol. The lowest BCUT2D eigenvalue weighted by atomic mass is 10.0. The number of hydrogen-bond acceptors (Lipinski definition) is 3. The number of halogens is 1. The molecule has 4 nitrogen and oxygen atoms in total. The van der Waals surface area contributed by atoms with E-state index in [0.717, 1.165) is 16.8 Å². The molecular weight excluding hydrogens is 269 g/mol. The number of nitrogens with one attached hydrogen (secondary N) is 1. The van der Waals surface area contributed by atoms with Gasteiger partial charge in [0.05, 0.1) is 13.3 Å². The first-order valence-electron chi connectivity index (χ1n) is 7.02. The van der Waals surface area contributed by atoms with E-state index in [1.807, 2.05) is 37.8 Å². The van der Waals surface area contributed by atoms with Crippen molar-refractivity contribution in [2.45, 2.75) is 32.9 Å². The minimum absolute atomic E-state index is 0.0278. The van der Waals surface area contributed by atoms with E-state index in [1.165, 1.54) is 13.2 Å². The van der Waals surface area contributed by atoms with Crippen molar-refractivity contribution in [1.29, 1.82) is 0 Å². The van der Waals surface area contributed by atoms with E-state index < -0.39 is 0 Å². The van der Waals surface area contributed by atoms with Gasteiger partial charge in [0.1, 0.15) is 0 Å². The van der Waals surface area contributed by atoms with E-state index in [1.54, 1.807) is 6.07 Å². The topological polar surface area (TPSA) is 39.1 Å². The molecule has 0 aliphatic carbocycles. The highest BCUT2D eigenvalue weighted by molar-refractivity contribution is 5.31. The zero-order chi connectivity index (χ0) is 15.6. The number of nitrogens with zero attached hydrogens (tertiary/aromatic N) is 2. The number of aryl methyl sites for hydroxylation is 1. The van der Waals surface area contributed by atoms with Gasteiger partial charge in [-0.3, -0.25) is 4.68 Å². The van der Waals surface area contributed by atoms with E-state index in [0.29, 0.717) is 0 Å². The van der Waals surface area contributed by atoms with E-state index in [2.05, 4.69) is 17.3 Å². The van der Waals surface area contributed by atoms with E-state index in [9.17, 15) is 4.39 Å². The Balaban J connectivity index is 2.12. The summed E-state index contributed by atoms with van der Waals surface area (Å²) in [5.41, 5.74) is 3.17. The fourth-order valence-corrected chi connectivity index (χ4v) is 2.45. The zero-order valence-electron chi connectivity index (χ0n) is 13.1. The number of benzene rings is 1. The first-order chi connectivity index (χ1) is 9.93. The maximum Gasteiger partial charge on any atom is 0.165 e. The summed E-state index contributed by atoms with van der Waals surface area (Å²) in [6, 6.07) is 5.21. The minimum Gasteiger partial charge on any atom is -0.494 e. The average Bonchev–Trinajstić information content (AvgIpc) is 2.78. The summed E-state index contributed by atoms with van der Waals surface area (Å²) in [6.45, 7) is 6.14.